The molecule has 2 saturated carbocycles. The number of hydrogen-bond acceptors (Lipinski definition) is 5. The largest absolute Gasteiger partial charge is 0.395 e. The minimum Gasteiger partial charge on any atom is -0.395 e. The summed E-state index contributed by atoms with van der Waals surface area (Å²) in [6.45, 7) is 9.25. The second-order valence-electron chi connectivity index (χ2n) is 7.42. The molecular formula is C16H32N2O3. The highest BCUT2D eigenvalue weighted by Crippen LogP contribution is 2.66. The van der Waals surface area contributed by atoms with Gasteiger partial charge < -0.3 is 20.6 Å². The number of hydrogen-bond donors (Lipinski definition) is 4. The van der Waals surface area contributed by atoms with Gasteiger partial charge in [-0.1, -0.05) is 20.8 Å². The molecule has 0 aromatic rings. The van der Waals surface area contributed by atoms with Crippen LogP contribution in [0.3, 0.4) is 0 Å². The van der Waals surface area contributed by atoms with Crippen molar-refractivity contribution in [1.29, 1.82) is 0 Å². The van der Waals surface area contributed by atoms with Crippen molar-refractivity contribution in [1.82, 2.24) is 10.2 Å². The van der Waals surface area contributed by atoms with E-state index in [1.165, 1.54) is 12.8 Å². The summed E-state index contributed by atoms with van der Waals surface area (Å²) in [5.41, 5.74) is 0.406. The highest BCUT2D eigenvalue weighted by Gasteiger charge is 2.66. The summed E-state index contributed by atoms with van der Waals surface area (Å²) in [6.07, 6.45) is 2.41. The Morgan fingerprint density at radius 2 is 1.67 bits per heavy atom. The van der Waals surface area contributed by atoms with Crippen LogP contribution in [0.5, 0.6) is 0 Å². The van der Waals surface area contributed by atoms with Crippen molar-refractivity contribution in [2.24, 2.45) is 16.7 Å². The van der Waals surface area contributed by atoms with Crippen molar-refractivity contribution < 1.29 is 15.3 Å². The van der Waals surface area contributed by atoms with Gasteiger partial charge in [0.1, 0.15) is 0 Å². The van der Waals surface area contributed by atoms with E-state index in [0.717, 1.165) is 0 Å². The Labute approximate surface area is 128 Å². The van der Waals surface area contributed by atoms with Gasteiger partial charge in [0, 0.05) is 31.7 Å². The molecule has 0 radical (unpaired) electrons. The lowest BCUT2D eigenvalue weighted by atomic mass is 9.68. The SMILES string of the molecule is CC1(C)[C@@H]2CC[C@]1(C)[C@H](N(CCO)CCO)[C@@H]2NCCO. The van der Waals surface area contributed by atoms with Crippen LogP contribution in [0.25, 0.3) is 0 Å². The molecule has 2 fully saturated rings. The van der Waals surface area contributed by atoms with E-state index in [0.29, 0.717) is 37.6 Å². The van der Waals surface area contributed by atoms with Crippen LogP contribution < -0.4 is 5.32 Å². The van der Waals surface area contributed by atoms with Gasteiger partial charge in [-0.15, -0.1) is 0 Å². The average Bonchev–Trinajstić information content (AvgIpc) is 2.75. The number of rotatable bonds is 8. The molecule has 2 aliphatic rings. The lowest BCUT2D eigenvalue weighted by Crippen LogP contribution is -2.58. The molecule has 4 N–H and O–H groups in total. The molecular weight excluding hydrogens is 268 g/mol. The van der Waals surface area contributed by atoms with Gasteiger partial charge in [-0.05, 0) is 29.6 Å². The Morgan fingerprint density at radius 1 is 1.05 bits per heavy atom. The highest BCUT2D eigenvalue weighted by molar-refractivity contribution is 5.20. The van der Waals surface area contributed by atoms with E-state index in [9.17, 15) is 10.2 Å². The van der Waals surface area contributed by atoms with Gasteiger partial charge in [-0.25, -0.2) is 0 Å². The van der Waals surface area contributed by atoms with Crippen molar-refractivity contribution in [3.8, 4) is 0 Å². The van der Waals surface area contributed by atoms with Crippen LogP contribution in [0.2, 0.25) is 0 Å². The first kappa shape index (κ1) is 17.2. The topological polar surface area (TPSA) is 76.0 Å². The molecule has 2 aliphatic carbocycles. The Bertz CT molecular complexity index is 344. The van der Waals surface area contributed by atoms with Gasteiger partial charge in [0.05, 0.1) is 19.8 Å². The van der Waals surface area contributed by atoms with Crippen LogP contribution in [0.15, 0.2) is 0 Å². The van der Waals surface area contributed by atoms with Gasteiger partial charge in [0.2, 0.25) is 0 Å². The van der Waals surface area contributed by atoms with Crippen molar-refractivity contribution >= 4 is 0 Å². The van der Waals surface area contributed by atoms with Crippen LogP contribution >= 0.6 is 0 Å². The van der Waals surface area contributed by atoms with Crippen molar-refractivity contribution in [2.45, 2.75) is 45.7 Å². The molecule has 0 aromatic heterocycles. The van der Waals surface area contributed by atoms with Gasteiger partial charge >= 0.3 is 0 Å². The van der Waals surface area contributed by atoms with E-state index < -0.39 is 0 Å². The van der Waals surface area contributed by atoms with E-state index in [-0.39, 0.29) is 30.7 Å². The first-order valence-corrected chi connectivity index (χ1v) is 8.24. The van der Waals surface area contributed by atoms with Gasteiger partial charge in [-0.3, -0.25) is 4.90 Å². The Balaban J connectivity index is 2.29. The fraction of sp³-hybridized carbons (Fsp3) is 1.00. The van der Waals surface area contributed by atoms with E-state index >= 15 is 0 Å². The lowest BCUT2D eigenvalue weighted by molar-refractivity contribution is 0.0146. The summed E-state index contributed by atoms with van der Waals surface area (Å²) in [4.78, 5) is 2.25. The molecule has 0 amide bonds. The monoisotopic (exact) mass is 300 g/mol. The zero-order chi connectivity index (χ0) is 15.7. The molecule has 21 heavy (non-hydrogen) atoms. The van der Waals surface area contributed by atoms with E-state index in [1.54, 1.807) is 0 Å². The molecule has 0 unspecified atom stereocenters. The molecule has 0 spiro atoms. The normalized spacial score (nSPS) is 37.6. The molecule has 2 bridgehead atoms. The van der Waals surface area contributed by atoms with E-state index in [1.807, 2.05) is 0 Å². The van der Waals surface area contributed by atoms with E-state index in [4.69, 9.17) is 5.11 Å². The number of aliphatic hydroxyl groups excluding tert-OH is 3. The molecule has 0 heterocycles. The fourth-order valence-corrected chi connectivity index (χ4v) is 5.10. The number of nitrogens with zero attached hydrogens (tertiary/aromatic N) is 1. The van der Waals surface area contributed by atoms with Gasteiger partial charge in [-0.2, -0.15) is 0 Å². The Hall–Kier alpha value is -0.200. The minimum atomic E-state index is 0.115. The predicted molar refractivity (Wildman–Crippen MR) is 83.0 cm³/mol. The Morgan fingerprint density at radius 3 is 2.19 bits per heavy atom. The molecule has 5 nitrogen and oxygen atoms in total. The zero-order valence-electron chi connectivity index (χ0n) is 13.7. The minimum absolute atomic E-state index is 0.115. The maximum atomic E-state index is 9.39. The molecule has 2 rings (SSSR count). The molecule has 4 atom stereocenters. The van der Waals surface area contributed by atoms with Crippen LogP contribution in [0.1, 0.15) is 33.6 Å². The highest BCUT2D eigenvalue weighted by atomic mass is 16.3. The smallest absolute Gasteiger partial charge is 0.0558 e. The third kappa shape index (κ3) is 2.63. The maximum absolute atomic E-state index is 9.39. The second-order valence-corrected chi connectivity index (χ2v) is 7.42. The second kappa shape index (κ2) is 6.50. The Kier molecular flexibility index (Phi) is 5.31. The molecule has 5 heteroatoms. The standard InChI is InChI=1S/C16H32N2O3/c1-15(2)12-4-5-16(15,3)14(13(12)17-6-9-19)18(7-10-20)8-11-21/h12-14,17,19-21H,4-11H2,1-3H3/t12-,13-,14-,16-/m1/s1. The zero-order valence-corrected chi connectivity index (χ0v) is 13.7. The molecule has 0 aliphatic heterocycles. The third-order valence-corrected chi connectivity index (χ3v) is 6.46. The lowest BCUT2D eigenvalue weighted by Gasteiger charge is -2.46. The van der Waals surface area contributed by atoms with Crippen LogP contribution in [-0.4, -0.2) is 71.8 Å². The summed E-state index contributed by atoms with van der Waals surface area (Å²) < 4.78 is 0. The first-order valence-electron chi connectivity index (χ1n) is 8.24. The summed E-state index contributed by atoms with van der Waals surface area (Å²) in [7, 11) is 0. The fourth-order valence-electron chi connectivity index (χ4n) is 5.10. The first-order chi connectivity index (χ1) is 9.94. The summed E-state index contributed by atoms with van der Waals surface area (Å²) in [5.74, 6) is 0.582. The van der Waals surface area contributed by atoms with Gasteiger partial charge in [0.25, 0.3) is 0 Å². The summed E-state index contributed by atoms with van der Waals surface area (Å²) in [5, 5.41) is 31.5. The number of aliphatic hydroxyl groups is 3. The van der Waals surface area contributed by atoms with Crippen molar-refractivity contribution in [3.63, 3.8) is 0 Å². The van der Waals surface area contributed by atoms with Crippen LogP contribution in [0, 0.1) is 16.7 Å². The molecule has 0 saturated heterocycles. The van der Waals surface area contributed by atoms with Gasteiger partial charge in [0.15, 0.2) is 0 Å². The maximum Gasteiger partial charge on any atom is 0.0558 e. The number of fused-ring (bicyclic) bond motifs is 2. The predicted octanol–water partition coefficient (Wildman–Crippen LogP) is 0.0482. The summed E-state index contributed by atoms with van der Waals surface area (Å²) in [6, 6.07) is 0.626. The molecule has 124 valence electrons. The summed E-state index contributed by atoms with van der Waals surface area (Å²) >= 11 is 0. The van der Waals surface area contributed by atoms with E-state index in [2.05, 4.69) is 31.0 Å². The van der Waals surface area contributed by atoms with Crippen molar-refractivity contribution in [2.75, 3.05) is 39.5 Å². The van der Waals surface area contributed by atoms with Crippen LogP contribution in [0.4, 0.5) is 0 Å². The number of nitrogens with one attached hydrogen (secondary N) is 1. The third-order valence-electron chi connectivity index (χ3n) is 6.46. The van der Waals surface area contributed by atoms with Crippen LogP contribution in [-0.2, 0) is 0 Å². The molecule has 0 aromatic carbocycles. The average molecular weight is 300 g/mol. The quantitative estimate of drug-likeness (QED) is 0.510. The van der Waals surface area contributed by atoms with Crippen molar-refractivity contribution in [3.05, 3.63) is 0 Å².